The molecule has 0 aromatic carbocycles. The van der Waals surface area contributed by atoms with Crippen LogP contribution in [-0.4, -0.2) is 37.2 Å². The zero-order chi connectivity index (χ0) is 57.8. The maximum atomic E-state index is 12.9. The number of hydrogen-bond donors (Lipinski definition) is 0. The Morgan fingerprint density at radius 2 is 0.487 bits per heavy atom. The maximum Gasteiger partial charge on any atom is 0.306 e. The van der Waals surface area contributed by atoms with Crippen molar-refractivity contribution in [1.29, 1.82) is 0 Å². The Morgan fingerprint density at radius 3 is 0.775 bits per heavy atom. The van der Waals surface area contributed by atoms with Gasteiger partial charge < -0.3 is 14.2 Å². The van der Waals surface area contributed by atoms with Crippen molar-refractivity contribution in [1.82, 2.24) is 0 Å². The van der Waals surface area contributed by atoms with Crippen molar-refractivity contribution in [3.05, 3.63) is 146 Å². The molecule has 0 saturated heterocycles. The van der Waals surface area contributed by atoms with Crippen molar-refractivity contribution in [3.63, 3.8) is 0 Å². The summed E-state index contributed by atoms with van der Waals surface area (Å²) in [4.78, 5) is 38.4. The molecule has 0 rings (SSSR count). The van der Waals surface area contributed by atoms with Crippen molar-refractivity contribution >= 4 is 17.9 Å². The number of carbonyl (C=O) groups excluding carboxylic acids is 3. The normalized spacial score (nSPS) is 13.1. The zero-order valence-electron chi connectivity index (χ0n) is 51.8. The Labute approximate surface area is 493 Å². The molecule has 0 aromatic heterocycles. The molecule has 0 saturated carbocycles. The Bertz CT molecular complexity index is 1750. The van der Waals surface area contributed by atoms with Gasteiger partial charge >= 0.3 is 17.9 Å². The smallest absolute Gasteiger partial charge is 0.306 e. The summed E-state index contributed by atoms with van der Waals surface area (Å²) in [7, 11) is 0. The largest absolute Gasteiger partial charge is 0.462 e. The van der Waals surface area contributed by atoms with Crippen LogP contribution in [0.1, 0.15) is 284 Å². The van der Waals surface area contributed by atoms with E-state index in [1.165, 1.54) is 83.5 Å². The van der Waals surface area contributed by atoms with E-state index in [0.29, 0.717) is 12.8 Å². The predicted octanol–water partition coefficient (Wildman–Crippen LogP) is 22.7. The third kappa shape index (κ3) is 64.1. The first kappa shape index (κ1) is 75.3. The number of allylic oxidation sites excluding steroid dienone is 24. The molecule has 1 atom stereocenters. The number of unbranched alkanes of at least 4 members (excludes halogenated alkanes) is 23. The molecule has 0 radical (unpaired) electrons. The van der Waals surface area contributed by atoms with Crippen molar-refractivity contribution in [3.8, 4) is 0 Å². The third-order valence-corrected chi connectivity index (χ3v) is 13.6. The summed E-state index contributed by atoms with van der Waals surface area (Å²) >= 11 is 0. The van der Waals surface area contributed by atoms with Crippen LogP contribution in [0.25, 0.3) is 0 Å². The summed E-state index contributed by atoms with van der Waals surface area (Å²) in [5.41, 5.74) is 0. The van der Waals surface area contributed by atoms with Gasteiger partial charge in [-0.05, 0) is 122 Å². The Kier molecular flexibility index (Phi) is 62.9. The highest BCUT2D eigenvalue weighted by Crippen LogP contribution is 2.16. The van der Waals surface area contributed by atoms with Crippen LogP contribution < -0.4 is 0 Å². The summed E-state index contributed by atoms with van der Waals surface area (Å²) in [6.07, 6.45) is 95.6. The van der Waals surface area contributed by atoms with Crippen LogP contribution in [0.15, 0.2) is 146 Å². The highest BCUT2D eigenvalue weighted by atomic mass is 16.6. The first-order chi connectivity index (χ1) is 39.5. The second-order valence-electron chi connectivity index (χ2n) is 21.3. The molecular weight excluding hydrogens is 985 g/mol. The molecule has 80 heavy (non-hydrogen) atoms. The second kappa shape index (κ2) is 66.8. The van der Waals surface area contributed by atoms with Crippen LogP contribution in [0.3, 0.4) is 0 Å². The highest BCUT2D eigenvalue weighted by molar-refractivity contribution is 5.71. The van der Waals surface area contributed by atoms with Gasteiger partial charge in [0.15, 0.2) is 6.10 Å². The third-order valence-electron chi connectivity index (χ3n) is 13.6. The number of ether oxygens (including phenoxy) is 3. The second-order valence-corrected chi connectivity index (χ2v) is 21.3. The minimum absolute atomic E-state index is 0.101. The monoisotopic (exact) mass is 1100 g/mol. The van der Waals surface area contributed by atoms with Gasteiger partial charge in [0.25, 0.3) is 0 Å². The van der Waals surface area contributed by atoms with E-state index in [4.69, 9.17) is 14.2 Å². The number of hydrogen-bond acceptors (Lipinski definition) is 6. The standard InChI is InChI=1S/C74H120O6/c1-4-7-10-13-16-19-22-25-28-31-33-34-35-36-37-38-39-40-42-43-46-49-52-55-58-61-64-67-73(76)79-70-71(69-78-72(75)66-63-60-57-54-51-48-45-30-27-24-21-18-15-12-9-6-3)80-74(77)68-65-62-59-56-53-50-47-44-41-32-29-26-23-20-17-14-11-8-5-2/h7-8,10-11,16-17,19-20,25-26,28-29,33-34,36-37,39-41,43-44,46,50,53,71H,4-6,9,12-15,18,21-24,27,30-32,35,38,42,45,47-49,51-52,54-70H2,1-3H3/b10-7-,11-8-,19-16-,20-17-,28-25-,29-26-,34-33-,37-36-,40-39-,44-41-,46-43-,53-50-. The van der Waals surface area contributed by atoms with Crippen molar-refractivity contribution in [2.75, 3.05) is 13.2 Å². The molecule has 0 amide bonds. The minimum Gasteiger partial charge on any atom is -0.462 e. The summed E-state index contributed by atoms with van der Waals surface area (Å²) in [6.45, 7) is 6.38. The van der Waals surface area contributed by atoms with Gasteiger partial charge in [-0.25, -0.2) is 0 Å². The number of carbonyl (C=O) groups is 3. The quantitative estimate of drug-likeness (QED) is 0.0261. The van der Waals surface area contributed by atoms with E-state index in [9.17, 15) is 14.4 Å². The molecule has 0 heterocycles. The predicted molar refractivity (Wildman–Crippen MR) is 348 cm³/mol. The van der Waals surface area contributed by atoms with Gasteiger partial charge in [-0.1, -0.05) is 289 Å². The SMILES string of the molecule is CC/C=C\C/C=C\C/C=C\C/C=C\C/C=C\C/C=C\C/C=C\CCCCCCCC(=O)OCC(COC(=O)CCCCCCCCCCCCCCCCCC)OC(=O)CCCCC/C=C\C/C=C\C/C=C\C/C=C\C/C=C\CC. The molecular formula is C74H120O6. The molecule has 0 spiro atoms. The van der Waals surface area contributed by atoms with Crippen LogP contribution in [-0.2, 0) is 28.6 Å². The van der Waals surface area contributed by atoms with Crippen molar-refractivity contribution in [2.45, 2.75) is 290 Å². The molecule has 0 aliphatic carbocycles. The van der Waals surface area contributed by atoms with Gasteiger partial charge in [-0.3, -0.25) is 14.4 Å². The Balaban J connectivity index is 4.47. The fourth-order valence-corrected chi connectivity index (χ4v) is 8.74. The van der Waals surface area contributed by atoms with Gasteiger partial charge in [-0.2, -0.15) is 0 Å². The lowest BCUT2D eigenvalue weighted by Crippen LogP contribution is -2.30. The van der Waals surface area contributed by atoms with Gasteiger partial charge in [0, 0.05) is 19.3 Å². The molecule has 452 valence electrons. The van der Waals surface area contributed by atoms with Crippen LogP contribution in [0.5, 0.6) is 0 Å². The van der Waals surface area contributed by atoms with E-state index >= 15 is 0 Å². The first-order valence-electron chi connectivity index (χ1n) is 32.8. The molecule has 0 N–H and O–H groups in total. The zero-order valence-corrected chi connectivity index (χ0v) is 51.8. The molecule has 6 heteroatoms. The van der Waals surface area contributed by atoms with E-state index in [1.807, 2.05) is 0 Å². The van der Waals surface area contributed by atoms with Crippen LogP contribution in [0.4, 0.5) is 0 Å². The van der Waals surface area contributed by atoms with Crippen LogP contribution in [0.2, 0.25) is 0 Å². The average molecular weight is 1110 g/mol. The minimum atomic E-state index is -0.810. The van der Waals surface area contributed by atoms with Gasteiger partial charge in [0.2, 0.25) is 0 Å². The van der Waals surface area contributed by atoms with E-state index in [-0.39, 0.29) is 37.5 Å². The molecule has 0 fully saturated rings. The Hall–Kier alpha value is -4.71. The lowest BCUT2D eigenvalue weighted by molar-refractivity contribution is -0.167. The van der Waals surface area contributed by atoms with Crippen molar-refractivity contribution in [2.24, 2.45) is 0 Å². The molecule has 6 nitrogen and oxygen atoms in total. The fraction of sp³-hybridized carbons (Fsp3) is 0.635. The summed E-state index contributed by atoms with van der Waals surface area (Å²) in [5.74, 6) is -0.950. The van der Waals surface area contributed by atoms with E-state index in [1.54, 1.807) is 0 Å². The van der Waals surface area contributed by atoms with Crippen LogP contribution in [0, 0.1) is 0 Å². The first-order valence-corrected chi connectivity index (χ1v) is 32.8. The molecule has 0 aliphatic heterocycles. The van der Waals surface area contributed by atoms with Crippen molar-refractivity contribution < 1.29 is 28.6 Å². The van der Waals surface area contributed by atoms with Gasteiger partial charge in [0.1, 0.15) is 13.2 Å². The topological polar surface area (TPSA) is 78.9 Å². The van der Waals surface area contributed by atoms with E-state index in [2.05, 4.69) is 167 Å². The summed E-state index contributed by atoms with van der Waals surface area (Å²) in [5, 5.41) is 0. The van der Waals surface area contributed by atoms with E-state index < -0.39 is 6.10 Å². The van der Waals surface area contributed by atoms with Gasteiger partial charge in [0.05, 0.1) is 0 Å². The lowest BCUT2D eigenvalue weighted by Gasteiger charge is -2.18. The number of esters is 3. The molecule has 0 aliphatic rings. The Morgan fingerprint density at radius 1 is 0.263 bits per heavy atom. The maximum absolute atomic E-state index is 12.9. The molecule has 0 aromatic rings. The molecule has 0 bridgehead atoms. The summed E-state index contributed by atoms with van der Waals surface area (Å²) in [6, 6.07) is 0. The van der Waals surface area contributed by atoms with E-state index in [0.717, 1.165) is 161 Å². The lowest BCUT2D eigenvalue weighted by atomic mass is 10.0. The number of rotatable bonds is 58. The summed E-state index contributed by atoms with van der Waals surface area (Å²) < 4.78 is 16.9. The van der Waals surface area contributed by atoms with Crippen LogP contribution >= 0.6 is 0 Å². The molecule has 1 unspecified atom stereocenters. The fourth-order valence-electron chi connectivity index (χ4n) is 8.74. The van der Waals surface area contributed by atoms with Gasteiger partial charge in [-0.15, -0.1) is 0 Å². The average Bonchev–Trinajstić information content (AvgIpc) is 3.46. The highest BCUT2D eigenvalue weighted by Gasteiger charge is 2.19.